The van der Waals surface area contributed by atoms with Crippen LogP contribution >= 0.6 is 0 Å². The van der Waals surface area contributed by atoms with E-state index in [1.165, 1.54) is 6.92 Å². The number of hydrogen-bond donors (Lipinski definition) is 10. The van der Waals surface area contributed by atoms with Crippen molar-refractivity contribution < 1.29 is 125 Å². The molecule has 4 aliphatic rings. The van der Waals surface area contributed by atoms with Gasteiger partial charge in [-0.25, -0.2) is 22.0 Å². The average molecular weight is 1160 g/mol. The minimum Gasteiger partial charge on any atom is -0.479 e. The molecule has 1 aromatic rings. The van der Waals surface area contributed by atoms with Crippen molar-refractivity contribution >= 4 is 48.9 Å². The highest BCUT2D eigenvalue weighted by atomic mass is 32.3. The van der Waals surface area contributed by atoms with Crippen molar-refractivity contribution in [1.82, 2.24) is 20.3 Å². The second-order valence-electron chi connectivity index (χ2n) is 19.5. The van der Waals surface area contributed by atoms with Crippen molar-refractivity contribution in [3.8, 4) is 0 Å². The number of aromatic nitrogens is 3. The van der Waals surface area contributed by atoms with Gasteiger partial charge in [0.05, 0.1) is 57.5 Å². The van der Waals surface area contributed by atoms with Crippen LogP contribution in [0, 0.1) is 17.8 Å². The molecule has 0 spiro atoms. The number of aliphatic carboxylic acids is 1. The molecule has 15 atom stereocenters. The lowest BCUT2D eigenvalue weighted by atomic mass is 9.74. The molecule has 6 unspecified atom stereocenters. The van der Waals surface area contributed by atoms with Crippen LogP contribution < -0.4 is 5.32 Å². The first kappa shape index (κ1) is 63.7. The third-order valence-corrected chi connectivity index (χ3v) is 15.1. The van der Waals surface area contributed by atoms with Crippen LogP contribution in [-0.2, 0) is 98.7 Å². The summed E-state index contributed by atoms with van der Waals surface area (Å²) in [6.45, 7) is -0.985. The number of carbonyl (C=O) groups is 3. The average Bonchev–Trinajstić information content (AvgIpc) is 3.82. The molecule has 0 bridgehead atoms. The number of carboxylic acid groups (broad SMARTS) is 1. The minimum atomic E-state index is -5.31. The quantitative estimate of drug-likeness (QED) is 0.0298. The number of nitrogens with one attached hydrogen (secondary N) is 1. The van der Waals surface area contributed by atoms with E-state index in [0.717, 1.165) is 45.2 Å². The fraction of sp³-hybridized carbons (Fsp3) is 0.881. The molecule has 438 valence electrons. The standard InChI is InChI=1S/C42H70N4O27S3/c1-4-25-14-26(28(49)11-8-12-65-18-27-16-46(45-44-27)42(19-66-74(56,57)58,20-67-75(59,60)61)21-68-76(62,63)64)15-29(37(25)73-41-36(53)35(52)33(50)22(2)69-41)71-40-32(43-23(3)48)38(34(51)31(17-47)72-40)70-30(39(54)55)13-24-9-6-5-7-10-24/h16,22,24-26,29-38,40-41,47,50-53H,4-15,17-21H2,1-3H3,(H,43,48)(H,54,55)(H,56,57,58)(H,59,60,61)(H,62,63,64)/t22?,25?,26?,29-,30+,31+,32?,33-,34+,35+,36?,37-,38?,40-,41+/m1/s1. The number of ketones is 1. The van der Waals surface area contributed by atoms with Crippen LogP contribution in [-0.4, -0.2) is 215 Å². The SMILES string of the molecule is CCC1CC(C(=O)CCCOCc2cn(C(COS(=O)(=O)O)(COS(=O)(=O)O)COS(=O)(=O)O)nn2)C[C@@H](O[C@@H]2O[C@@H](CO)[C@H](O)C(O[C@@H](CC3CCCCC3)C(=O)O)C2NC(C)=O)[C@@H]1O[C@@H]1OC(C)[C@@H](O)[C@H](O)C1O. The maximum Gasteiger partial charge on any atom is 0.397 e. The van der Waals surface area contributed by atoms with E-state index in [1.54, 1.807) is 6.92 Å². The zero-order chi connectivity index (χ0) is 56.3. The van der Waals surface area contributed by atoms with Crippen LogP contribution in [0.1, 0.15) is 97.1 Å². The van der Waals surface area contributed by atoms with Gasteiger partial charge in [0, 0.05) is 25.9 Å². The number of carbonyl (C=O) groups excluding carboxylic acids is 2. The Hall–Kier alpha value is -3.08. The predicted molar refractivity (Wildman–Crippen MR) is 250 cm³/mol. The van der Waals surface area contributed by atoms with Gasteiger partial charge < -0.3 is 64.4 Å². The Labute approximate surface area is 438 Å². The largest absolute Gasteiger partial charge is 0.479 e. The molecule has 2 aliphatic heterocycles. The van der Waals surface area contributed by atoms with E-state index in [0.29, 0.717) is 11.1 Å². The van der Waals surface area contributed by atoms with Gasteiger partial charge in [-0.05, 0) is 44.4 Å². The van der Waals surface area contributed by atoms with Gasteiger partial charge in [-0.2, -0.15) is 25.3 Å². The molecule has 2 saturated heterocycles. The molecule has 76 heavy (non-hydrogen) atoms. The zero-order valence-corrected chi connectivity index (χ0v) is 44.2. The summed E-state index contributed by atoms with van der Waals surface area (Å²) in [4.78, 5) is 39.6. The summed E-state index contributed by atoms with van der Waals surface area (Å²) >= 11 is 0. The zero-order valence-electron chi connectivity index (χ0n) is 41.8. The van der Waals surface area contributed by atoms with E-state index in [2.05, 4.69) is 28.2 Å². The fourth-order valence-electron chi connectivity index (χ4n) is 9.83. The number of carboxylic acids is 1. The van der Waals surface area contributed by atoms with Gasteiger partial charge in [-0.1, -0.05) is 50.7 Å². The van der Waals surface area contributed by atoms with Gasteiger partial charge in [0.1, 0.15) is 59.7 Å². The Balaban J connectivity index is 1.35. The lowest BCUT2D eigenvalue weighted by Crippen LogP contribution is -2.67. The molecule has 5 rings (SSSR count). The van der Waals surface area contributed by atoms with Crippen LogP contribution in [0.15, 0.2) is 6.20 Å². The maximum absolute atomic E-state index is 14.1. The third kappa shape index (κ3) is 18.5. The summed E-state index contributed by atoms with van der Waals surface area (Å²) < 4.78 is 146. The summed E-state index contributed by atoms with van der Waals surface area (Å²) in [5, 5.41) is 74.5. The molecule has 3 heterocycles. The van der Waals surface area contributed by atoms with Crippen molar-refractivity contribution in [2.45, 2.75) is 183 Å². The Morgan fingerprint density at radius 3 is 2.01 bits per heavy atom. The van der Waals surface area contributed by atoms with E-state index in [1.807, 2.05) is 0 Å². The van der Waals surface area contributed by atoms with Crippen molar-refractivity contribution in [1.29, 1.82) is 0 Å². The number of aliphatic hydroxyl groups excluding tert-OH is 5. The number of nitrogens with zero attached hydrogens (tertiary/aromatic N) is 3. The third-order valence-electron chi connectivity index (χ3n) is 13.8. The smallest absolute Gasteiger partial charge is 0.397 e. The molecular weight excluding hydrogens is 1090 g/mol. The molecule has 2 saturated carbocycles. The van der Waals surface area contributed by atoms with Crippen LogP contribution in [0.4, 0.5) is 0 Å². The van der Waals surface area contributed by atoms with Crippen molar-refractivity contribution in [3.05, 3.63) is 11.9 Å². The van der Waals surface area contributed by atoms with Gasteiger partial charge in [0.2, 0.25) is 5.91 Å². The number of hydrogen-bond acceptors (Lipinski definition) is 25. The maximum atomic E-state index is 14.1. The summed E-state index contributed by atoms with van der Waals surface area (Å²) in [5.41, 5.74) is -2.57. The fourth-order valence-corrected chi connectivity index (χ4v) is 10.9. The van der Waals surface area contributed by atoms with Crippen molar-refractivity contribution in [3.63, 3.8) is 0 Å². The Kier molecular flexibility index (Phi) is 23.4. The van der Waals surface area contributed by atoms with E-state index < -0.39 is 173 Å². The predicted octanol–water partition coefficient (Wildman–Crippen LogP) is -2.28. The Morgan fingerprint density at radius 1 is 0.842 bits per heavy atom. The molecule has 4 fully saturated rings. The summed E-state index contributed by atoms with van der Waals surface area (Å²) in [7, 11) is -15.9. The van der Waals surface area contributed by atoms with Gasteiger partial charge >= 0.3 is 37.2 Å². The summed E-state index contributed by atoms with van der Waals surface area (Å²) in [6, 6.07) is -1.41. The second-order valence-corrected chi connectivity index (χ2v) is 22.7. The van der Waals surface area contributed by atoms with E-state index in [-0.39, 0.29) is 56.1 Å². The van der Waals surface area contributed by atoms with Crippen molar-refractivity contribution in [2.24, 2.45) is 17.8 Å². The van der Waals surface area contributed by atoms with E-state index >= 15 is 0 Å². The minimum absolute atomic E-state index is 0.00798. The first-order chi connectivity index (χ1) is 35.5. The highest BCUT2D eigenvalue weighted by Gasteiger charge is 2.53. The highest BCUT2D eigenvalue weighted by molar-refractivity contribution is 7.81. The lowest BCUT2D eigenvalue weighted by molar-refractivity contribution is -0.338. The molecule has 0 radical (unpaired) electrons. The molecule has 2 aliphatic carbocycles. The molecule has 1 aromatic heterocycles. The molecular formula is C42H70N4O27S3. The van der Waals surface area contributed by atoms with Crippen LogP contribution in [0.25, 0.3) is 0 Å². The molecule has 31 nitrogen and oxygen atoms in total. The molecule has 34 heteroatoms. The van der Waals surface area contributed by atoms with E-state index in [9.17, 15) is 83.9 Å². The number of aliphatic hydroxyl groups is 5. The second kappa shape index (κ2) is 27.9. The number of ether oxygens (including phenoxy) is 6. The van der Waals surface area contributed by atoms with Gasteiger partial charge in [0.25, 0.3) is 0 Å². The van der Waals surface area contributed by atoms with Crippen LogP contribution in [0.3, 0.4) is 0 Å². The summed E-state index contributed by atoms with van der Waals surface area (Å²) in [5.74, 6) is -3.57. The van der Waals surface area contributed by atoms with Crippen LogP contribution in [0.2, 0.25) is 0 Å². The highest BCUT2D eigenvalue weighted by Crippen LogP contribution is 2.41. The molecule has 0 aromatic carbocycles. The first-order valence-corrected chi connectivity index (χ1v) is 28.6. The van der Waals surface area contributed by atoms with Gasteiger partial charge in [0.15, 0.2) is 18.7 Å². The van der Waals surface area contributed by atoms with Gasteiger partial charge in [-0.15, -0.1) is 5.10 Å². The summed E-state index contributed by atoms with van der Waals surface area (Å²) in [6.07, 6.45) is -11.6. The monoisotopic (exact) mass is 1160 g/mol. The Bertz CT molecular complexity index is 2300. The van der Waals surface area contributed by atoms with Crippen LogP contribution in [0.5, 0.6) is 0 Å². The normalized spacial score (nSPS) is 31.7. The number of amides is 1. The molecule has 10 N–H and O–H groups in total. The number of rotatable bonds is 29. The topological polar surface area (TPSA) is 462 Å². The Morgan fingerprint density at radius 2 is 1.46 bits per heavy atom. The molecule has 1 amide bonds. The lowest BCUT2D eigenvalue weighted by Gasteiger charge is -2.49. The van der Waals surface area contributed by atoms with Gasteiger partial charge in [-0.3, -0.25) is 23.2 Å². The number of Topliss-reactive ketones (excluding diaryl/α,β-unsaturated/α-hetero) is 1. The van der Waals surface area contributed by atoms with E-state index in [4.69, 9.17) is 28.4 Å². The first-order valence-electron chi connectivity index (χ1n) is 24.5. The van der Waals surface area contributed by atoms with Crippen molar-refractivity contribution in [2.75, 3.05) is 33.0 Å².